The smallest absolute Gasteiger partial charge is 0.194 e. The fourth-order valence-electron chi connectivity index (χ4n) is 6.28. The first-order valence-electron chi connectivity index (χ1n) is 9.89. The molecule has 0 bridgehead atoms. The summed E-state index contributed by atoms with van der Waals surface area (Å²) in [4.78, 5) is 7.39. The summed E-state index contributed by atoms with van der Waals surface area (Å²) in [6.07, 6.45) is 7.01. The van der Waals surface area contributed by atoms with Crippen molar-refractivity contribution in [3.05, 3.63) is 34.9 Å². The summed E-state index contributed by atoms with van der Waals surface area (Å²) in [7, 11) is 0. The summed E-state index contributed by atoms with van der Waals surface area (Å²) in [6.45, 7) is 7.11. The molecule has 2 unspecified atom stereocenters. The molecule has 2 saturated carbocycles. The zero-order chi connectivity index (χ0) is 17.4. The van der Waals surface area contributed by atoms with E-state index in [1.165, 1.54) is 36.0 Å². The van der Waals surface area contributed by atoms with E-state index in [0.29, 0.717) is 18.7 Å². The maximum atomic E-state index is 6.72. The third-order valence-electron chi connectivity index (χ3n) is 7.48. The average Bonchev–Trinajstić information content (AvgIpc) is 3.02. The van der Waals surface area contributed by atoms with Crippen molar-refractivity contribution in [1.29, 1.82) is 0 Å². The SMILES string of the molecule is CCc1ccc2c(c1)C13N=C(N)N(C(C)C)COC14CCCC[C@]43C2. The Hall–Kier alpha value is -1.55. The molecule has 1 aliphatic heterocycles. The Kier molecular flexibility index (Phi) is 3.00. The van der Waals surface area contributed by atoms with Gasteiger partial charge in [0.1, 0.15) is 17.9 Å². The molecule has 4 nitrogen and oxygen atoms in total. The zero-order valence-corrected chi connectivity index (χ0v) is 15.6. The van der Waals surface area contributed by atoms with Crippen LogP contribution in [0.5, 0.6) is 0 Å². The Morgan fingerprint density at radius 3 is 2.84 bits per heavy atom. The first kappa shape index (κ1) is 15.7. The molecule has 3 aliphatic carbocycles. The van der Waals surface area contributed by atoms with E-state index >= 15 is 0 Å². The topological polar surface area (TPSA) is 50.8 Å². The van der Waals surface area contributed by atoms with Crippen molar-refractivity contribution >= 4 is 5.96 Å². The Bertz CT molecular complexity index is 772. The Morgan fingerprint density at radius 1 is 1.28 bits per heavy atom. The van der Waals surface area contributed by atoms with Gasteiger partial charge in [-0.1, -0.05) is 38.0 Å². The lowest BCUT2D eigenvalue weighted by Crippen LogP contribution is -2.44. The molecule has 25 heavy (non-hydrogen) atoms. The Balaban J connectivity index is 1.73. The molecule has 0 amide bonds. The number of hydrogen-bond donors (Lipinski definition) is 1. The summed E-state index contributed by atoms with van der Waals surface area (Å²) in [5.74, 6) is 0.662. The highest BCUT2D eigenvalue weighted by Crippen LogP contribution is 2.84. The Morgan fingerprint density at radius 2 is 2.08 bits per heavy atom. The fourth-order valence-corrected chi connectivity index (χ4v) is 6.28. The number of rotatable bonds is 2. The lowest BCUT2D eigenvalue weighted by atomic mass is 9.82. The molecule has 134 valence electrons. The molecule has 5 rings (SSSR count). The largest absolute Gasteiger partial charge is 0.370 e. The molecule has 0 saturated heterocycles. The second kappa shape index (κ2) is 4.79. The highest BCUT2D eigenvalue weighted by Gasteiger charge is 2.92. The van der Waals surface area contributed by atoms with Gasteiger partial charge < -0.3 is 15.4 Å². The number of aryl methyl sites for hydroxylation is 1. The zero-order valence-electron chi connectivity index (χ0n) is 15.6. The third-order valence-corrected chi connectivity index (χ3v) is 7.48. The molecule has 4 heteroatoms. The minimum absolute atomic E-state index is 0.133. The molecule has 4 aliphatic rings. The first-order valence-corrected chi connectivity index (χ1v) is 9.89. The molecule has 1 heterocycles. The summed E-state index contributed by atoms with van der Waals surface area (Å²) in [6, 6.07) is 7.32. The molecular weight excluding hydrogens is 310 g/mol. The van der Waals surface area contributed by atoms with Crippen LogP contribution in [0.4, 0.5) is 0 Å². The van der Waals surface area contributed by atoms with Gasteiger partial charge in [0.05, 0.1) is 0 Å². The van der Waals surface area contributed by atoms with E-state index in [9.17, 15) is 0 Å². The molecule has 0 aromatic heterocycles. The van der Waals surface area contributed by atoms with Gasteiger partial charge in [0.25, 0.3) is 0 Å². The van der Waals surface area contributed by atoms with Crippen LogP contribution in [-0.2, 0) is 23.1 Å². The summed E-state index contributed by atoms with van der Waals surface area (Å²) in [5, 5.41) is 0. The van der Waals surface area contributed by atoms with Crippen molar-refractivity contribution in [1.82, 2.24) is 4.90 Å². The van der Waals surface area contributed by atoms with Crippen LogP contribution in [0.1, 0.15) is 63.1 Å². The standard InChI is InChI=1S/C21H29N3O/c1-4-15-7-8-16-12-19-9-5-6-10-20(19)21(19,17(16)11-15)23-18(22)24(13-25-20)14(2)3/h7-8,11,14H,4-6,9-10,12-13H2,1-3H3,(H2,22,23)/t19-,20?,21?/m0/s1. The van der Waals surface area contributed by atoms with Crippen LogP contribution in [0, 0.1) is 5.41 Å². The summed E-state index contributed by atoms with van der Waals surface area (Å²) < 4.78 is 6.72. The minimum atomic E-state index is -0.245. The van der Waals surface area contributed by atoms with Gasteiger partial charge in [-0.05, 0) is 56.2 Å². The number of guanidine groups is 1. The minimum Gasteiger partial charge on any atom is -0.370 e. The van der Waals surface area contributed by atoms with Crippen LogP contribution in [0.25, 0.3) is 0 Å². The summed E-state index contributed by atoms with van der Waals surface area (Å²) >= 11 is 0. The number of hydrogen-bond acceptors (Lipinski definition) is 4. The van der Waals surface area contributed by atoms with Crippen molar-refractivity contribution in [3.63, 3.8) is 0 Å². The van der Waals surface area contributed by atoms with Crippen LogP contribution in [0.2, 0.25) is 0 Å². The van der Waals surface area contributed by atoms with Crippen molar-refractivity contribution < 1.29 is 4.74 Å². The Labute approximate surface area is 150 Å². The first-order chi connectivity index (χ1) is 12.0. The normalized spacial score (nSPS) is 38.4. The van der Waals surface area contributed by atoms with E-state index in [1.54, 1.807) is 0 Å². The van der Waals surface area contributed by atoms with E-state index < -0.39 is 0 Å². The van der Waals surface area contributed by atoms with Crippen LogP contribution >= 0.6 is 0 Å². The summed E-state index contributed by atoms with van der Waals surface area (Å²) in [5.41, 5.74) is 10.5. The highest BCUT2D eigenvalue weighted by atomic mass is 16.5. The van der Waals surface area contributed by atoms with Crippen LogP contribution < -0.4 is 5.73 Å². The predicted octanol–water partition coefficient (Wildman–Crippen LogP) is 3.33. The number of ether oxygens (including phenoxy) is 1. The molecule has 1 aromatic carbocycles. The van der Waals surface area contributed by atoms with E-state index in [2.05, 4.69) is 43.9 Å². The molecule has 3 atom stereocenters. The maximum Gasteiger partial charge on any atom is 0.194 e. The molecular formula is C21H29N3O. The van der Waals surface area contributed by atoms with E-state index in [-0.39, 0.29) is 16.6 Å². The van der Waals surface area contributed by atoms with Gasteiger partial charge in [0.2, 0.25) is 0 Å². The van der Waals surface area contributed by atoms with Crippen molar-refractivity contribution in [2.75, 3.05) is 6.73 Å². The molecule has 1 aromatic rings. The fraction of sp³-hybridized carbons (Fsp3) is 0.667. The average molecular weight is 339 g/mol. The lowest BCUT2D eigenvalue weighted by Gasteiger charge is -2.33. The molecule has 3 spiro atoms. The maximum absolute atomic E-state index is 6.72. The second-order valence-electron chi connectivity index (χ2n) is 8.66. The number of aliphatic imine (C=N–C) groups is 1. The molecule has 0 radical (unpaired) electrons. The lowest BCUT2D eigenvalue weighted by molar-refractivity contribution is -0.0644. The van der Waals surface area contributed by atoms with E-state index in [0.717, 1.165) is 19.3 Å². The van der Waals surface area contributed by atoms with Crippen molar-refractivity contribution in [2.24, 2.45) is 16.1 Å². The van der Waals surface area contributed by atoms with Crippen LogP contribution in [0.3, 0.4) is 0 Å². The third kappa shape index (κ3) is 1.57. The van der Waals surface area contributed by atoms with Crippen LogP contribution in [0.15, 0.2) is 23.2 Å². The second-order valence-corrected chi connectivity index (χ2v) is 8.66. The van der Waals surface area contributed by atoms with Gasteiger partial charge in [-0.15, -0.1) is 0 Å². The van der Waals surface area contributed by atoms with Gasteiger partial charge in [0, 0.05) is 11.5 Å². The molecule has 2 fully saturated rings. The predicted molar refractivity (Wildman–Crippen MR) is 99.4 cm³/mol. The van der Waals surface area contributed by atoms with Gasteiger partial charge in [0.15, 0.2) is 5.96 Å². The number of fused-ring (bicyclic) bond motifs is 1. The highest BCUT2D eigenvalue weighted by molar-refractivity contribution is 5.81. The van der Waals surface area contributed by atoms with E-state index in [4.69, 9.17) is 15.5 Å². The number of nitrogens with zero attached hydrogens (tertiary/aromatic N) is 2. The van der Waals surface area contributed by atoms with Crippen molar-refractivity contribution in [3.8, 4) is 0 Å². The van der Waals surface area contributed by atoms with Crippen LogP contribution in [-0.4, -0.2) is 29.2 Å². The molecule has 2 N–H and O–H groups in total. The van der Waals surface area contributed by atoms with Gasteiger partial charge in [-0.25, -0.2) is 4.99 Å². The van der Waals surface area contributed by atoms with Crippen molar-refractivity contribution in [2.45, 2.75) is 76.5 Å². The van der Waals surface area contributed by atoms with E-state index in [1.807, 2.05) is 0 Å². The quantitative estimate of drug-likeness (QED) is 0.899. The monoisotopic (exact) mass is 339 g/mol. The van der Waals surface area contributed by atoms with Gasteiger partial charge in [-0.3, -0.25) is 0 Å². The van der Waals surface area contributed by atoms with Gasteiger partial charge in [-0.2, -0.15) is 0 Å². The van der Waals surface area contributed by atoms with Gasteiger partial charge >= 0.3 is 0 Å². The number of benzene rings is 1. The number of nitrogens with two attached hydrogens (primary N) is 1.